The van der Waals surface area contributed by atoms with Gasteiger partial charge in [0.25, 0.3) is 0 Å². The van der Waals surface area contributed by atoms with E-state index in [0.29, 0.717) is 19.4 Å². The average molecular weight is 336 g/mol. The van der Waals surface area contributed by atoms with E-state index in [2.05, 4.69) is 0 Å². The Balaban J connectivity index is 1.69. The molecule has 1 heterocycles. The van der Waals surface area contributed by atoms with E-state index in [1.54, 1.807) is 7.05 Å². The molecule has 2 aliphatic carbocycles. The zero-order chi connectivity index (χ0) is 17.3. The molecule has 3 fully saturated rings. The molecule has 134 valence electrons. The number of likely N-dealkylation sites (tertiary alicyclic amines) is 1. The van der Waals surface area contributed by atoms with Crippen molar-refractivity contribution >= 4 is 17.8 Å². The number of hydrogen-bond acceptors (Lipinski definition) is 3. The fourth-order valence-corrected chi connectivity index (χ4v) is 4.28. The Kier molecular flexibility index (Phi) is 4.83. The van der Waals surface area contributed by atoms with Crippen LogP contribution in [0.4, 0.5) is 0 Å². The number of piperidine rings is 1. The maximum atomic E-state index is 13.0. The van der Waals surface area contributed by atoms with Crippen LogP contribution in [0.15, 0.2) is 0 Å². The van der Waals surface area contributed by atoms with E-state index >= 15 is 0 Å². The topological polar surface area (TPSA) is 77.9 Å². The summed E-state index contributed by atoms with van der Waals surface area (Å²) in [6, 6.07) is 0. The van der Waals surface area contributed by atoms with Crippen molar-refractivity contribution in [3.05, 3.63) is 0 Å². The van der Waals surface area contributed by atoms with Gasteiger partial charge in [-0.2, -0.15) is 0 Å². The van der Waals surface area contributed by atoms with Crippen molar-refractivity contribution in [2.45, 2.75) is 63.3 Å². The molecule has 1 atom stereocenters. The fourth-order valence-electron chi connectivity index (χ4n) is 4.28. The van der Waals surface area contributed by atoms with Crippen LogP contribution in [-0.4, -0.2) is 58.4 Å². The van der Waals surface area contributed by atoms with Gasteiger partial charge in [0.15, 0.2) is 0 Å². The van der Waals surface area contributed by atoms with Crippen LogP contribution in [0.5, 0.6) is 0 Å². The Hall–Kier alpha value is -1.59. The van der Waals surface area contributed by atoms with Gasteiger partial charge >= 0.3 is 5.97 Å². The quantitative estimate of drug-likeness (QED) is 0.850. The molecule has 1 unspecified atom stereocenters. The number of carbonyl (C=O) groups excluding carboxylic acids is 2. The molecular weight excluding hydrogens is 308 g/mol. The molecule has 2 saturated carbocycles. The molecule has 0 bridgehead atoms. The van der Waals surface area contributed by atoms with Gasteiger partial charge in [0, 0.05) is 26.1 Å². The van der Waals surface area contributed by atoms with Gasteiger partial charge in [0.2, 0.25) is 11.8 Å². The van der Waals surface area contributed by atoms with Gasteiger partial charge in [0.1, 0.15) is 5.54 Å². The van der Waals surface area contributed by atoms with E-state index in [4.69, 9.17) is 0 Å². The highest BCUT2D eigenvalue weighted by atomic mass is 16.4. The molecule has 24 heavy (non-hydrogen) atoms. The lowest BCUT2D eigenvalue weighted by Crippen LogP contribution is -2.59. The largest absolute Gasteiger partial charge is 0.479 e. The third kappa shape index (κ3) is 3.15. The molecule has 0 aromatic heterocycles. The summed E-state index contributed by atoms with van der Waals surface area (Å²) in [4.78, 5) is 40.5. The number of likely N-dealkylation sites (N-methyl/N-ethyl adjacent to an activating group) is 1. The SMILES string of the molecule is CN(C(=O)C1CCCN(C(=O)C2CC2)C1)C1(C(=O)O)CCCCC1. The van der Waals surface area contributed by atoms with Crippen molar-refractivity contribution in [1.82, 2.24) is 9.80 Å². The van der Waals surface area contributed by atoms with E-state index in [9.17, 15) is 19.5 Å². The van der Waals surface area contributed by atoms with Crippen LogP contribution in [-0.2, 0) is 14.4 Å². The van der Waals surface area contributed by atoms with E-state index in [1.165, 1.54) is 4.90 Å². The number of carbonyl (C=O) groups is 3. The van der Waals surface area contributed by atoms with Crippen molar-refractivity contribution < 1.29 is 19.5 Å². The smallest absolute Gasteiger partial charge is 0.329 e. The van der Waals surface area contributed by atoms with Crippen molar-refractivity contribution in [3.63, 3.8) is 0 Å². The molecule has 0 spiro atoms. The Morgan fingerprint density at radius 1 is 1.00 bits per heavy atom. The first-order chi connectivity index (χ1) is 11.5. The summed E-state index contributed by atoms with van der Waals surface area (Å²) in [6.45, 7) is 1.18. The van der Waals surface area contributed by atoms with E-state index in [-0.39, 0.29) is 23.7 Å². The molecule has 6 nitrogen and oxygen atoms in total. The second kappa shape index (κ2) is 6.73. The van der Waals surface area contributed by atoms with Gasteiger partial charge in [0.05, 0.1) is 5.92 Å². The van der Waals surface area contributed by atoms with E-state index in [1.807, 2.05) is 4.90 Å². The van der Waals surface area contributed by atoms with Crippen LogP contribution < -0.4 is 0 Å². The zero-order valence-corrected chi connectivity index (χ0v) is 14.5. The Bertz CT molecular complexity index is 523. The molecule has 3 aliphatic rings. The van der Waals surface area contributed by atoms with Gasteiger partial charge in [-0.3, -0.25) is 9.59 Å². The first-order valence-corrected chi connectivity index (χ1v) is 9.25. The number of amides is 2. The molecule has 0 radical (unpaired) electrons. The predicted octanol–water partition coefficient (Wildman–Crippen LogP) is 1.88. The predicted molar refractivity (Wildman–Crippen MR) is 88.2 cm³/mol. The summed E-state index contributed by atoms with van der Waals surface area (Å²) in [5.41, 5.74) is -1.06. The minimum atomic E-state index is -1.06. The van der Waals surface area contributed by atoms with E-state index < -0.39 is 11.5 Å². The molecule has 1 N–H and O–H groups in total. The normalized spacial score (nSPS) is 26.7. The lowest BCUT2D eigenvalue weighted by molar-refractivity contribution is -0.163. The van der Waals surface area contributed by atoms with Gasteiger partial charge in [-0.25, -0.2) is 4.79 Å². The highest BCUT2D eigenvalue weighted by Gasteiger charge is 2.47. The molecule has 2 amide bonds. The molecule has 6 heteroatoms. The number of rotatable bonds is 4. The summed E-state index contributed by atoms with van der Waals surface area (Å²) in [7, 11) is 1.64. The first kappa shape index (κ1) is 17.2. The minimum Gasteiger partial charge on any atom is -0.479 e. The molecule has 1 aliphatic heterocycles. The minimum absolute atomic E-state index is 0.104. The maximum Gasteiger partial charge on any atom is 0.329 e. The Labute approximate surface area is 143 Å². The Morgan fingerprint density at radius 3 is 2.25 bits per heavy atom. The summed E-state index contributed by atoms with van der Waals surface area (Å²) in [5, 5.41) is 9.77. The monoisotopic (exact) mass is 336 g/mol. The summed E-state index contributed by atoms with van der Waals surface area (Å²) in [5.74, 6) is -0.905. The number of carboxylic acid groups (broad SMARTS) is 1. The second-order valence-corrected chi connectivity index (χ2v) is 7.69. The lowest BCUT2D eigenvalue weighted by atomic mass is 9.79. The third-order valence-electron chi connectivity index (χ3n) is 6.06. The fraction of sp³-hybridized carbons (Fsp3) is 0.833. The number of nitrogens with zero attached hydrogens (tertiary/aromatic N) is 2. The van der Waals surface area contributed by atoms with Gasteiger partial charge in [-0.15, -0.1) is 0 Å². The van der Waals surface area contributed by atoms with E-state index in [0.717, 1.165) is 51.5 Å². The van der Waals surface area contributed by atoms with Crippen molar-refractivity contribution in [1.29, 1.82) is 0 Å². The summed E-state index contributed by atoms with van der Waals surface area (Å²) >= 11 is 0. The molecule has 0 aromatic rings. The molecular formula is C18H28N2O4. The second-order valence-electron chi connectivity index (χ2n) is 7.69. The van der Waals surface area contributed by atoms with Gasteiger partial charge in [-0.05, 0) is 38.5 Å². The van der Waals surface area contributed by atoms with Crippen molar-refractivity contribution in [3.8, 4) is 0 Å². The van der Waals surface area contributed by atoms with Crippen LogP contribution in [0.25, 0.3) is 0 Å². The maximum absolute atomic E-state index is 13.0. The van der Waals surface area contributed by atoms with Gasteiger partial charge < -0.3 is 14.9 Å². The average Bonchev–Trinajstić information content (AvgIpc) is 3.45. The Morgan fingerprint density at radius 2 is 1.67 bits per heavy atom. The molecule has 1 saturated heterocycles. The third-order valence-corrected chi connectivity index (χ3v) is 6.06. The van der Waals surface area contributed by atoms with Crippen molar-refractivity contribution in [2.75, 3.05) is 20.1 Å². The van der Waals surface area contributed by atoms with Gasteiger partial charge in [-0.1, -0.05) is 19.3 Å². The van der Waals surface area contributed by atoms with Crippen molar-refractivity contribution in [2.24, 2.45) is 11.8 Å². The molecule has 0 aromatic carbocycles. The first-order valence-electron chi connectivity index (χ1n) is 9.25. The van der Waals surface area contributed by atoms with Crippen LogP contribution in [0.1, 0.15) is 57.8 Å². The van der Waals surface area contributed by atoms with Crippen LogP contribution in [0.2, 0.25) is 0 Å². The van der Waals surface area contributed by atoms with Crippen LogP contribution in [0, 0.1) is 11.8 Å². The lowest BCUT2D eigenvalue weighted by Gasteiger charge is -2.43. The standard InChI is InChI=1S/C18H28N2O4/c1-19(18(17(23)24)9-3-2-4-10-18)15(21)14-6-5-11-20(12-14)16(22)13-7-8-13/h13-14H,2-12H2,1H3,(H,23,24). The molecule has 3 rings (SSSR count). The summed E-state index contributed by atoms with van der Waals surface area (Å²) in [6.07, 6.45) is 7.29. The highest BCUT2D eigenvalue weighted by Crippen LogP contribution is 2.36. The highest BCUT2D eigenvalue weighted by molar-refractivity contribution is 5.89. The number of carboxylic acids is 1. The number of hydrogen-bond donors (Lipinski definition) is 1. The van der Waals surface area contributed by atoms with Crippen LogP contribution >= 0.6 is 0 Å². The number of aliphatic carboxylic acids is 1. The van der Waals surface area contributed by atoms with Crippen LogP contribution in [0.3, 0.4) is 0 Å². The summed E-state index contributed by atoms with van der Waals surface area (Å²) < 4.78 is 0. The zero-order valence-electron chi connectivity index (χ0n) is 14.5.